The van der Waals surface area contributed by atoms with Gasteiger partial charge in [-0.05, 0) is 26.2 Å². The summed E-state index contributed by atoms with van der Waals surface area (Å²) in [6.07, 6.45) is 3.88. The van der Waals surface area contributed by atoms with Gasteiger partial charge in [0, 0.05) is 6.04 Å². The van der Waals surface area contributed by atoms with Crippen LogP contribution in [-0.2, 0) is 0 Å². The van der Waals surface area contributed by atoms with Crippen molar-refractivity contribution < 1.29 is 0 Å². The molecule has 1 heterocycles. The molecule has 0 spiro atoms. The molecule has 1 nitrogen and oxygen atoms in total. The molecule has 8 heavy (non-hydrogen) atoms. The summed E-state index contributed by atoms with van der Waals surface area (Å²) in [5, 5.41) is 3.80. The quantitative estimate of drug-likeness (QED) is 0.474. The van der Waals surface area contributed by atoms with Crippen LogP contribution < -0.4 is 5.32 Å². The number of thiol groups is 1. The number of nitrogens with one attached hydrogen (secondary N) is 1. The highest BCUT2D eigenvalue weighted by Gasteiger charge is 2.12. The van der Waals surface area contributed by atoms with Gasteiger partial charge >= 0.3 is 0 Å². The molecule has 0 saturated carbocycles. The van der Waals surface area contributed by atoms with E-state index in [4.69, 9.17) is 0 Å². The molecule has 1 fully saturated rings. The van der Waals surface area contributed by atoms with E-state index in [0.29, 0.717) is 11.4 Å². The second kappa shape index (κ2) is 2.74. The molecule has 2 atom stereocenters. The van der Waals surface area contributed by atoms with Crippen molar-refractivity contribution in [3.63, 3.8) is 0 Å². The fourth-order valence-corrected chi connectivity index (χ4v) is 1.55. The van der Waals surface area contributed by atoms with Crippen LogP contribution in [0, 0.1) is 0 Å². The van der Waals surface area contributed by atoms with Crippen molar-refractivity contribution in [1.82, 2.24) is 5.32 Å². The standard InChI is InChI=1S/C6H13NS/c1-5-3-2-4-6(8)7-5/h5-8H,2-4H2,1H3. The molecule has 0 radical (unpaired) electrons. The van der Waals surface area contributed by atoms with Crippen LogP contribution in [0.3, 0.4) is 0 Å². The van der Waals surface area contributed by atoms with E-state index in [0.717, 1.165) is 0 Å². The topological polar surface area (TPSA) is 12.0 Å². The Kier molecular flexibility index (Phi) is 2.20. The summed E-state index contributed by atoms with van der Waals surface area (Å²) < 4.78 is 0. The molecule has 1 saturated heterocycles. The Hall–Kier alpha value is 0.310. The van der Waals surface area contributed by atoms with Crippen molar-refractivity contribution in [3.05, 3.63) is 0 Å². The van der Waals surface area contributed by atoms with Gasteiger partial charge in [0.25, 0.3) is 0 Å². The van der Waals surface area contributed by atoms with Gasteiger partial charge in [-0.2, -0.15) is 12.6 Å². The molecular weight excluding hydrogens is 118 g/mol. The van der Waals surface area contributed by atoms with Gasteiger partial charge in [-0.1, -0.05) is 0 Å². The van der Waals surface area contributed by atoms with Crippen molar-refractivity contribution >= 4 is 12.6 Å². The molecule has 0 aliphatic carbocycles. The molecule has 2 heteroatoms. The Morgan fingerprint density at radius 2 is 2.25 bits per heavy atom. The van der Waals surface area contributed by atoms with Crippen LogP contribution >= 0.6 is 12.6 Å². The molecule has 0 aromatic heterocycles. The summed E-state index contributed by atoms with van der Waals surface area (Å²) in [5.74, 6) is 0. The molecule has 0 amide bonds. The smallest absolute Gasteiger partial charge is 0.0504 e. The third-order valence-electron chi connectivity index (χ3n) is 1.59. The van der Waals surface area contributed by atoms with Crippen molar-refractivity contribution in [3.8, 4) is 0 Å². The van der Waals surface area contributed by atoms with Gasteiger partial charge in [-0.3, -0.25) is 0 Å². The Balaban J connectivity index is 2.23. The summed E-state index contributed by atoms with van der Waals surface area (Å²) in [7, 11) is 0. The third-order valence-corrected chi connectivity index (χ3v) is 2.00. The van der Waals surface area contributed by atoms with Crippen LogP contribution in [-0.4, -0.2) is 11.4 Å². The molecule has 48 valence electrons. The first-order valence-corrected chi connectivity index (χ1v) is 3.75. The summed E-state index contributed by atoms with van der Waals surface area (Å²) in [6, 6.07) is 0.686. The number of piperidine rings is 1. The minimum Gasteiger partial charge on any atom is -0.303 e. The molecule has 2 unspecified atom stereocenters. The lowest BCUT2D eigenvalue weighted by Gasteiger charge is -2.24. The fraction of sp³-hybridized carbons (Fsp3) is 1.00. The average Bonchev–Trinajstić information content (AvgIpc) is 1.64. The van der Waals surface area contributed by atoms with Crippen LogP contribution in [0.25, 0.3) is 0 Å². The fourth-order valence-electron chi connectivity index (χ4n) is 1.11. The van der Waals surface area contributed by atoms with E-state index < -0.39 is 0 Å². The van der Waals surface area contributed by atoms with Crippen molar-refractivity contribution in [1.29, 1.82) is 0 Å². The first-order chi connectivity index (χ1) is 3.79. The minimum atomic E-state index is 0.457. The maximum Gasteiger partial charge on any atom is 0.0504 e. The number of rotatable bonds is 0. The van der Waals surface area contributed by atoms with Crippen molar-refractivity contribution in [2.75, 3.05) is 0 Å². The van der Waals surface area contributed by atoms with Crippen LogP contribution in [0.15, 0.2) is 0 Å². The van der Waals surface area contributed by atoms with E-state index in [1.807, 2.05) is 0 Å². The second-order valence-electron chi connectivity index (χ2n) is 2.51. The van der Waals surface area contributed by atoms with Gasteiger partial charge in [0.2, 0.25) is 0 Å². The van der Waals surface area contributed by atoms with Crippen LogP contribution in [0.4, 0.5) is 0 Å². The third kappa shape index (κ3) is 1.67. The minimum absolute atomic E-state index is 0.457. The molecule has 0 aromatic carbocycles. The molecule has 1 rings (SSSR count). The van der Waals surface area contributed by atoms with Crippen molar-refractivity contribution in [2.45, 2.75) is 37.6 Å². The molecule has 0 aromatic rings. The molecular formula is C6H13NS. The van der Waals surface area contributed by atoms with Gasteiger partial charge < -0.3 is 5.32 Å². The van der Waals surface area contributed by atoms with E-state index in [1.54, 1.807) is 0 Å². The van der Waals surface area contributed by atoms with Gasteiger partial charge in [-0.15, -0.1) is 0 Å². The van der Waals surface area contributed by atoms with E-state index in [9.17, 15) is 0 Å². The molecule has 1 N–H and O–H groups in total. The zero-order valence-corrected chi connectivity index (χ0v) is 6.12. The maximum absolute atomic E-state index is 4.31. The predicted octanol–water partition coefficient (Wildman–Crippen LogP) is 1.40. The highest BCUT2D eigenvalue weighted by atomic mass is 32.1. The zero-order valence-electron chi connectivity index (χ0n) is 5.22. The summed E-state index contributed by atoms with van der Waals surface area (Å²) in [4.78, 5) is 0. The van der Waals surface area contributed by atoms with Crippen LogP contribution in [0.1, 0.15) is 26.2 Å². The predicted molar refractivity (Wildman–Crippen MR) is 39.2 cm³/mol. The monoisotopic (exact) mass is 131 g/mol. The second-order valence-corrected chi connectivity index (χ2v) is 3.14. The van der Waals surface area contributed by atoms with Gasteiger partial charge in [0.05, 0.1) is 5.37 Å². The van der Waals surface area contributed by atoms with Crippen molar-refractivity contribution in [2.24, 2.45) is 0 Å². The average molecular weight is 131 g/mol. The van der Waals surface area contributed by atoms with Crippen LogP contribution in [0.2, 0.25) is 0 Å². The number of hydrogen-bond acceptors (Lipinski definition) is 2. The largest absolute Gasteiger partial charge is 0.303 e. The van der Waals surface area contributed by atoms with E-state index in [2.05, 4.69) is 24.9 Å². The highest BCUT2D eigenvalue weighted by molar-refractivity contribution is 7.80. The van der Waals surface area contributed by atoms with Gasteiger partial charge in [-0.25, -0.2) is 0 Å². The number of hydrogen-bond donors (Lipinski definition) is 2. The van der Waals surface area contributed by atoms with E-state index >= 15 is 0 Å². The summed E-state index contributed by atoms with van der Waals surface area (Å²) >= 11 is 4.31. The highest BCUT2D eigenvalue weighted by Crippen LogP contribution is 2.13. The Labute approximate surface area is 56.3 Å². The van der Waals surface area contributed by atoms with Gasteiger partial charge in [0.15, 0.2) is 0 Å². The molecule has 1 aliphatic rings. The normalized spacial score (nSPS) is 39.8. The first kappa shape index (κ1) is 6.43. The summed E-state index contributed by atoms with van der Waals surface area (Å²) in [6.45, 7) is 2.21. The molecule has 0 bridgehead atoms. The SMILES string of the molecule is CC1CCCC(S)N1. The van der Waals surface area contributed by atoms with Gasteiger partial charge in [0.1, 0.15) is 0 Å². The van der Waals surface area contributed by atoms with Crippen LogP contribution in [0.5, 0.6) is 0 Å². The lowest BCUT2D eigenvalue weighted by molar-refractivity contribution is 0.404. The van der Waals surface area contributed by atoms with E-state index in [1.165, 1.54) is 19.3 Å². The zero-order chi connectivity index (χ0) is 5.98. The Morgan fingerprint density at radius 3 is 2.62 bits per heavy atom. The summed E-state index contributed by atoms with van der Waals surface area (Å²) in [5.41, 5.74) is 0. The lowest BCUT2D eigenvalue weighted by atomic mass is 10.1. The van der Waals surface area contributed by atoms with E-state index in [-0.39, 0.29) is 0 Å². The lowest BCUT2D eigenvalue weighted by Crippen LogP contribution is -2.36. The maximum atomic E-state index is 4.31. The first-order valence-electron chi connectivity index (χ1n) is 3.23. The Morgan fingerprint density at radius 1 is 1.50 bits per heavy atom. The Bertz CT molecular complexity index is 66.9. The molecule has 1 aliphatic heterocycles.